The molecule has 3 heterocycles. The molecule has 1 fully saturated rings. The Morgan fingerprint density at radius 3 is 1.19 bits per heavy atom. The molecule has 0 saturated carbocycles. The van der Waals surface area contributed by atoms with Crippen molar-refractivity contribution in [3.05, 3.63) is 168 Å². The quantitative estimate of drug-likeness (QED) is 0.105. The summed E-state index contributed by atoms with van der Waals surface area (Å²) < 4.78 is 9.89. The molecule has 0 atom stereocenters. The summed E-state index contributed by atoms with van der Waals surface area (Å²) in [4.78, 5) is 29.9. The second-order valence-electron chi connectivity index (χ2n) is 12.1. The number of nitro groups is 1. The lowest BCUT2D eigenvalue weighted by Gasteiger charge is -2.11. The first-order valence-corrected chi connectivity index (χ1v) is 17.5. The molecule has 0 radical (unpaired) electrons. The van der Waals surface area contributed by atoms with Gasteiger partial charge in [0.2, 0.25) is 0 Å². The van der Waals surface area contributed by atoms with Crippen LogP contribution < -0.4 is 5.73 Å². The third-order valence-corrected chi connectivity index (χ3v) is 8.53. The van der Waals surface area contributed by atoms with E-state index in [1.807, 2.05) is 127 Å². The van der Waals surface area contributed by atoms with Crippen LogP contribution in [0.4, 0.5) is 11.4 Å². The van der Waals surface area contributed by atoms with E-state index in [9.17, 15) is 10.1 Å². The van der Waals surface area contributed by atoms with Gasteiger partial charge in [0.25, 0.3) is 5.69 Å². The summed E-state index contributed by atoms with van der Waals surface area (Å²) in [5.74, 6) is 0. The van der Waals surface area contributed by atoms with Crippen molar-refractivity contribution in [2.24, 2.45) is 0 Å². The van der Waals surface area contributed by atoms with Crippen LogP contribution in [0.5, 0.6) is 0 Å². The van der Waals surface area contributed by atoms with Crippen molar-refractivity contribution in [2.45, 2.75) is 0 Å². The zero-order chi connectivity index (χ0) is 37.1. The van der Waals surface area contributed by atoms with E-state index in [0.717, 1.165) is 71.1 Å². The number of aromatic nitrogens is 4. The van der Waals surface area contributed by atoms with E-state index in [0.29, 0.717) is 28.1 Å². The number of para-hydroxylation sites is 2. The van der Waals surface area contributed by atoms with Crippen LogP contribution in [0.25, 0.3) is 67.1 Å². The summed E-state index contributed by atoms with van der Waals surface area (Å²) in [5, 5.41) is 11.4. The molecule has 2 N–H and O–H groups in total. The topological polar surface area (TPSA) is 139 Å². The van der Waals surface area contributed by atoms with Crippen LogP contribution in [0.15, 0.2) is 158 Å². The van der Waals surface area contributed by atoms with Gasteiger partial charge in [-0.2, -0.15) is 0 Å². The molecule has 0 bridgehead atoms. The fourth-order valence-electron chi connectivity index (χ4n) is 5.94. The number of benzene rings is 6. The van der Waals surface area contributed by atoms with Gasteiger partial charge >= 0.3 is 0 Å². The number of nitro benzene ring substituents is 1. The molecule has 1 saturated heterocycles. The number of ether oxygens (including phenoxy) is 2. The number of nitrogens with two attached hydrogens (primary N) is 1. The number of hydrogen-bond acceptors (Lipinski definition) is 9. The van der Waals surface area contributed by atoms with Crippen molar-refractivity contribution < 1.29 is 14.4 Å². The van der Waals surface area contributed by atoms with Crippen LogP contribution in [-0.4, -0.2) is 51.3 Å². The van der Waals surface area contributed by atoms with Crippen molar-refractivity contribution in [3.8, 4) is 45.0 Å². The van der Waals surface area contributed by atoms with Crippen molar-refractivity contribution >= 4 is 33.4 Å². The van der Waals surface area contributed by atoms with Gasteiger partial charge in [0.05, 0.1) is 70.8 Å². The van der Waals surface area contributed by atoms with E-state index in [1.165, 1.54) is 6.07 Å². The van der Waals surface area contributed by atoms with Crippen LogP contribution in [0.3, 0.4) is 0 Å². The average Bonchev–Trinajstić information content (AvgIpc) is 3.25. The predicted molar refractivity (Wildman–Crippen MR) is 214 cm³/mol. The lowest BCUT2D eigenvalue weighted by molar-refractivity contribution is -0.383. The van der Waals surface area contributed by atoms with Crippen LogP contribution in [-0.2, 0) is 9.47 Å². The predicted octanol–water partition coefficient (Wildman–Crippen LogP) is 9.45. The maximum atomic E-state index is 11.4. The Bertz CT molecular complexity index is 2470. The van der Waals surface area contributed by atoms with Gasteiger partial charge in [-0.15, -0.1) is 0 Å². The summed E-state index contributed by atoms with van der Waals surface area (Å²) in [5.41, 5.74) is 16.0. The van der Waals surface area contributed by atoms with Crippen molar-refractivity contribution in [1.29, 1.82) is 0 Å². The largest absolute Gasteiger partial charge is 0.397 e. The molecule has 6 aromatic carbocycles. The Hall–Kier alpha value is -6.88. The standard InChI is InChI=1S/C20H13N3O2.C20H15N3.C4H8O2/c24-23(25)17-13-7-12-16-20(17)22-19(15-10-5-2-6-11-15)18(21-16)14-8-3-1-4-9-14;21-16-12-7-13-17-20(16)23-19(15-10-5-2-6-11-15)18(22-17)14-8-3-1-4-9-14;1-2-6-4-3-5-1/h1-13H;1-13H,21H2;1-4H2. The van der Waals surface area contributed by atoms with Gasteiger partial charge in [0.15, 0.2) is 5.52 Å². The lowest BCUT2D eigenvalue weighted by atomic mass is 10.0. The van der Waals surface area contributed by atoms with Crippen LogP contribution in [0, 0.1) is 10.1 Å². The minimum Gasteiger partial charge on any atom is -0.397 e. The van der Waals surface area contributed by atoms with Gasteiger partial charge in [0.1, 0.15) is 5.52 Å². The van der Waals surface area contributed by atoms with Crippen molar-refractivity contribution in [2.75, 3.05) is 32.2 Å². The highest BCUT2D eigenvalue weighted by atomic mass is 16.6. The zero-order valence-electron chi connectivity index (χ0n) is 29.3. The number of rotatable bonds is 5. The monoisotopic (exact) mass is 712 g/mol. The van der Waals surface area contributed by atoms with E-state index in [4.69, 9.17) is 30.2 Å². The molecule has 2 aromatic heterocycles. The third kappa shape index (κ3) is 8.26. The molecule has 0 unspecified atom stereocenters. The summed E-state index contributed by atoms with van der Waals surface area (Å²) >= 11 is 0. The normalized spacial score (nSPS) is 12.2. The lowest BCUT2D eigenvalue weighted by Crippen LogP contribution is -2.16. The second-order valence-corrected chi connectivity index (χ2v) is 12.1. The molecule has 1 aliphatic heterocycles. The second kappa shape index (κ2) is 17.1. The number of hydrogen-bond donors (Lipinski definition) is 1. The highest BCUT2D eigenvalue weighted by molar-refractivity contribution is 5.92. The molecule has 54 heavy (non-hydrogen) atoms. The van der Waals surface area contributed by atoms with E-state index in [2.05, 4.69) is 17.1 Å². The SMILES string of the molecule is C1COCCO1.Nc1cccc2nc(-c3ccccc3)c(-c3ccccc3)nc12.O=[N+]([O-])c1cccc2nc(-c3ccccc3)c(-c3ccccc3)nc12. The van der Waals surface area contributed by atoms with Gasteiger partial charge in [-0.05, 0) is 18.2 Å². The summed E-state index contributed by atoms with van der Waals surface area (Å²) in [6.07, 6.45) is 0. The zero-order valence-corrected chi connectivity index (χ0v) is 29.3. The van der Waals surface area contributed by atoms with E-state index in [-0.39, 0.29) is 5.69 Å². The fourth-order valence-corrected chi connectivity index (χ4v) is 5.94. The number of non-ortho nitro benzene ring substituents is 1. The van der Waals surface area contributed by atoms with Crippen LogP contribution in [0.2, 0.25) is 0 Å². The molecular formula is C44H36N6O4. The molecule has 0 amide bonds. The Balaban J connectivity index is 0.000000145. The molecule has 9 rings (SSSR count). The van der Waals surface area contributed by atoms with Gasteiger partial charge in [0, 0.05) is 28.3 Å². The highest BCUT2D eigenvalue weighted by Gasteiger charge is 2.19. The molecule has 266 valence electrons. The molecule has 0 spiro atoms. The molecule has 10 heteroatoms. The number of nitrogen functional groups attached to an aromatic ring is 1. The summed E-state index contributed by atoms with van der Waals surface area (Å²) in [6, 6.07) is 50.1. The number of nitrogens with zero attached hydrogens (tertiary/aromatic N) is 5. The van der Waals surface area contributed by atoms with E-state index < -0.39 is 4.92 Å². The first-order valence-electron chi connectivity index (χ1n) is 17.5. The van der Waals surface area contributed by atoms with Gasteiger partial charge in [-0.1, -0.05) is 133 Å². The maximum absolute atomic E-state index is 11.4. The summed E-state index contributed by atoms with van der Waals surface area (Å²) in [6.45, 7) is 3.11. The minimum absolute atomic E-state index is 0.0400. The van der Waals surface area contributed by atoms with Gasteiger partial charge < -0.3 is 15.2 Å². The van der Waals surface area contributed by atoms with Gasteiger partial charge in [-0.25, -0.2) is 19.9 Å². The number of fused-ring (bicyclic) bond motifs is 2. The molecule has 0 aliphatic carbocycles. The Morgan fingerprint density at radius 1 is 0.444 bits per heavy atom. The molecule has 10 nitrogen and oxygen atoms in total. The smallest absolute Gasteiger partial charge is 0.297 e. The summed E-state index contributed by atoms with van der Waals surface area (Å²) in [7, 11) is 0. The minimum atomic E-state index is -0.423. The van der Waals surface area contributed by atoms with Crippen LogP contribution >= 0.6 is 0 Å². The average molecular weight is 713 g/mol. The maximum Gasteiger partial charge on any atom is 0.297 e. The Morgan fingerprint density at radius 2 is 0.796 bits per heavy atom. The van der Waals surface area contributed by atoms with Gasteiger partial charge in [-0.3, -0.25) is 10.1 Å². The van der Waals surface area contributed by atoms with Crippen molar-refractivity contribution in [1.82, 2.24) is 19.9 Å². The molecule has 1 aliphatic rings. The van der Waals surface area contributed by atoms with Crippen molar-refractivity contribution in [3.63, 3.8) is 0 Å². The van der Waals surface area contributed by atoms with Crippen LogP contribution in [0.1, 0.15) is 0 Å². The first-order chi connectivity index (χ1) is 26.6. The van der Waals surface area contributed by atoms with E-state index in [1.54, 1.807) is 12.1 Å². The fraction of sp³-hybridized carbons (Fsp3) is 0.0909. The molecular weight excluding hydrogens is 677 g/mol. The third-order valence-electron chi connectivity index (χ3n) is 8.53. The number of anilines is 1. The highest BCUT2D eigenvalue weighted by Crippen LogP contribution is 2.34. The Kier molecular flexibility index (Phi) is 11.2. The molecule has 8 aromatic rings. The van der Waals surface area contributed by atoms with E-state index >= 15 is 0 Å². The first kappa shape index (κ1) is 35.5. The Labute approximate surface area is 312 Å².